The number of hydrogen-bond donors (Lipinski definition) is 1. The SMILES string of the molecule is CN(CCc1ccc2c(c1)CCCC2)C(=O)O. The fraction of sp³-hybridized carbons (Fsp3) is 0.500. The zero-order valence-electron chi connectivity index (χ0n) is 10.3. The van der Waals surface area contributed by atoms with Gasteiger partial charge in [0, 0.05) is 13.6 Å². The van der Waals surface area contributed by atoms with Gasteiger partial charge in [-0.05, 0) is 48.8 Å². The van der Waals surface area contributed by atoms with E-state index in [1.807, 2.05) is 0 Å². The predicted octanol–water partition coefficient (Wildman–Crippen LogP) is 2.72. The Labute approximate surface area is 102 Å². The van der Waals surface area contributed by atoms with Gasteiger partial charge < -0.3 is 10.0 Å². The number of benzene rings is 1. The van der Waals surface area contributed by atoms with Crippen molar-refractivity contribution < 1.29 is 9.90 Å². The molecule has 3 heteroatoms. The average molecular weight is 233 g/mol. The number of likely N-dealkylation sites (N-methyl/N-ethyl adjacent to an activating group) is 1. The van der Waals surface area contributed by atoms with E-state index in [0.717, 1.165) is 6.42 Å². The molecule has 0 radical (unpaired) electrons. The lowest BCUT2D eigenvalue weighted by atomic mass is 9.90. The molecule has 0 bridgehead atoms. The summed E-state index contributed by atoms with van der Waals surface area (Å²) in [4.78, 5) is 12.0. The standard InChI is InChI=1S/C14H19NO2/c1-15(14(16)17)9-8-11-6-7-12-4-2-3-5-13(12)10-11/h6-7,10H,2-5,8-9H2,1H3,(H,16,17). The topological polar surface area (TPSA) is 40.5 Å². The van der Waals surface area contributed by atoms with Gasteiger partial charge >= 0.3 is 6.09 Å². The van der Waals surface area contributed by atoms with Crippen LogP contribution in [0.1, 0.15) is 29.5 Å². The molecule has 0 aliphatic heterocycles. The maximum absolute atomic E-state index is 10.7. The lowest BCUT2D eigenvalue weighted by Crippen LogP contribution is -2.26. The molecule has 1 aliphatic carbocycles. The van der Waals surface area contributed by atoms with E-state index < -0.39 is 6.09 Å². The summed E-state index contributed by atoms with van der Waals surface area (Å²) in [5, 5.41) is 8.78. The van der Waals surface area contributed by atoms with Crippen molar-refractivity contribution in [2.75, 3.05) is 13.6 Å². The van der Waals surface area contributed by atoms with Gasteiger partial charge in [-0.3, -0.25) is 0 Å². The smallest absolute Gasteiger partial charge is 0.407 e. The van der Waals surface area contributed by atoms with Crippen LogP contribution in [0.15, 0.2) is 18.2 Å². The molecule has 0 unspecified atom stereocenters. The van der Waals surface area contributed by atoms with E-state index in [4.69, 9.17) is 5.11 Å². The summed E-state index contributed by atoms with van der Waals surface area (Å²) >= 11 is 0. The summed E-state index contributed by atoms with van der Waals surface area (Å²) in [7, 11) is 1.61. The largest absolute Gasteiger partial charge is 0.465 e. The molecule has 1 aromatic carbocycles. The van der Waals surface area contributed by atoms with Gasteiger partial charge in [0.1, 0.15) is 0 Å². The molecule has 17 heavy (non-hydrogen) atoms. The number of carbonyl (C=O) groups is 1. The van der Waals surface area contributed by atoms with Gasteiger partial charge in [-0.15, -0.1) is 0 Å². The maximum atomic E-state index is 10.7. The normalized spacial score (nSPS) is 14.2. The van der Waals surface area contributed by atoms with Crippen molar-refractivity contribution in [3.05, 3.63) is 34.9 Å². The van der Waals surface area contributed by atoms with Gasteiger partial charge in [-0.1, -0.05) is 18.2 Å². The number of rotatable bonds is 3. The van der Waals surface area contributed by atoms with Crippen LogP contribution in [0.3, 0.4) is 0 Å². The van der Waals surface area contributed by atoms with Crippen LogP contribution in [-0.4, -0.2) is 29.7 Å². The van der Waals surface area contributed by atoms with Crippen LogP contribution >= 0.6 is 0 Å². The fourth-order valence-corrected chi connectivity index (χ4v) is 2.33. The second-order valence-electron chi connectivity index (χ2n) is 4.76. The first kappa shape index (κ1) is 12.0. The van der Waals surface area contributed by atoms with Crippen LogP contribution in [0.2, 0.25) is 0 Å². The molecule has 1 N–H and O–H groups in total. The molecule has 92 valence electrons. The van der Waals surface area contributed by atoms with E-state index in [1.165, 1.54) is 47.3 Å². The van der Waals surface area contributed by atoms with E-state index in [9.17, 15) is 4.79 Å². The quantitative estimate of drug-likeness (QED) is 0.872. The first-order chi connectivity index (χ1) is 8.16. The number of aryl methyl sites for hydroxylation is 2. The summed E-state index contributed by atoms with van der Waals surface area (Å²) in [5.74, 6) is 0. The Kier molecular flexibility index (Phi) is 3.67. The highest BCUT2D eigenvalue weighted by Gasteiger charge is 2.10. The van der Waals surface area contributed by atoms with E-state index in [-0.39, 0.29) is 0 Å². The van der Waals surface area contributed by atoms with Crippen molar-refractivity contribution in [1.82, 2.24) is 4.90 Å². The van der Waals surface area contributed by atoms with Crippen molar-refractivity contribution >= 4 is 6.09 Å². The van der Waals surface area contributed by atoms with Crippen LogP contribution in [0, 0.1) is 0 Å². The van der Waals surface area contributed by atoms with Gasteiger partial charge in [0.15, 0.2) is 0 Å². The summed E-state index contributed by atoms with van der Waals surface area (Å²) < 4.78 is 0. The summed E-state index contributed by atoms with van der Waals surface area (Å²) in [6.07, 6.45) is 4.90. The minimum Gasteiger partial charge on any atom is -0.465 e. The molecule has 0 saturated carbocycles. The minimum atomic E-state index is -0.858. The number of hydrogen-bond acceptors (Lipinski definition) is 1. The van der Waals surface area contributed by atoms with E-state index in [0.29, 0.717) is 6.54 Å². The summed E-state index contributed by atoms with van der Waals surface area (Å²) in [6, 6.07) is 6.61. The number of carboxylic acid groups (broad SMARTS) is 1. The van der Waals surface area contributed by atoms with Crippen LogP contribution < -0.4 is 0 Å². The van der Waals surface area contributed by atoms with E-state index in [1.54, 1.807) is 7.05 Å². The van der Waals surface area contributed by atoms with Gasteiger partial charge in [-0.2, -0.15) is 0 Å². The lowest BCUT2D eigenvalue weighted by Gasteiger charge is -2.17. The van der Waals surface area contributed by atoms with E-state index in [2.05, 4.69) is 18.2 Å². The second kappa shape index (κ2) is 5.21. The Balaban J connectivity index is 2.00. The zero-order chi connectivity index (χ0) is 12.3. The molecule has 0 fully saturated rings. The van der Waals surface area contributed by atoms with Crippen molar-refractivity contribution in [3.63, 3.8) is 0 Å². The third-order valence-corrected chi connectivity index (χ3v) is 3.48. The van der Waals surface area contributed by atoms with Gasteiger partial charge in [0.2, 0.25) is 0 Å². The highest BCUT2D eigenvalue weighted by atomic mass is 16.4. The molecule has 0 heterocycles. The van der Waals surface area contributed by atoms with Crippen LogP contribution in [0.5, 0.6) is 0 Å². The van der Waals surface area contributed by atoms with Gasteiger partial charge in [0.05, 0.1) is 0 Å². The highest BCUT2D eigenvalue weighted by molar-refractivity contribution is 5.64. The molecule has 1 aromatic rings. The van der Waals surface area contributed by atoms with Crippen molar-refractivity contribution in [1.29, 1.82) is 0 Å². The molecule has 1 aliphatic rings. The Bertz CT molecular complexity index is 415. The predicted molar refractivity (Wildman–Crippen MR) is 67.4 cm³/mol. The van der Waals surface area contributed by atoms with Crippen LogP contribution in [-0.2, 0) is 19.3 Å². The number of amides is 1. The highest BCUT2D eigenvalue weighted by Crippen LogP contribution is 2.22. The van der Waals surface area contributed by atoms with Gasteiger partial charge in [0.25, 0.3) is 0 Å². The minimum absolute atomic E-state index is 0.564. The third-order valence-electron chi connectivity index (χ3n) is 3.48. The van der Waals surface area contributed by atoms with Crippen LogP contribution in [0.25, 0.3) is 0 Å². The molecule has 2 rings (SSSR count). The third kappa shape index (κ3) is 2.99. The lowest BCUT2D eigenvalue weighted by molar-refractivity contribution is 0.156. The first-order valence-electron chi connectivity index (χ1n) is 6.21. The molecular weight excluding hydrogens is 214 g/mol. The molecule has 0 atom stereocenters. The Morgan fingerprint density at radius 1 is 1.29 bits per heavy atom. The molecule has 3 nitrogen and oxygen atoms in total. The Hall–Kier alpha value is -1.51. The zero-order valence-corrected chi connectivity index (χ0v) is 10.3. The van der Waals surface area contributed by atoms with Crippen LogP contribution in [0.4, 0.5) is 4.79 Å². The summed E-state index contributed by atoms with van der Waals surface area (Å²) in [5.41, 5.74) is 4.19. The van der Waals surface area contributed by atoms with Crippen molar-refractivity contribution in [2.24, 2.45) is 0 Å². The summed E-state index contributed by atoms with van der Waals surface area (Å²) in [6.45, 7) is 0.564. The van der Waals surface area contributed by atoms with Crippen molar-refractivity contribution in [3.8, 4) is 0 Å². The number of nitrogens with zero attached hydrogens (tertiary/aromatic N) is 1. The maximum Gasteiger partial charge on any atom is 0.407 e. The van der Waals surface area contributed by atoms with E-state index >= 15 is 0 Å². The molecule has 0 spiro atoms. The fourth-order valence-electron chi connectivity index (χ4n) is 2.33. The Morgan fingerprint density at radius 3 is 2.71 bits per heavy atom. The van der Waals surface area contributed by atoms with Gasteiger partial charge in [-0.25, -0.2) is 4.79 Å². The molecule has 1 amide bonds. The number of fused-ring (bicyclic) bond motifs is 1. The Morgan fingerprint density at radius 2 is 2.00 bits per heavy atom. The van der Waals surface area contributed by atoms with Crippen molar-refractivity contribution in [2.45, 2.75) is 32.1 Å². The average Bonchev–Trinajstić information content (AvgIpc) is 2.35. The molecular formula is C14H19NO2. The molecule has 0 saturated heterocycles. The monoisotopic (exact) mass is 233 g/mol. The first-order valence-corrected chi connectivity index (χ1v) is 6.21. The second-order valence-corrected chi connectivity index (χ2v) is 4.76. The molecule has 0 aromatic heterocycles.